The molecule has 2 aliphatic heterocycles. The van der Waals surface area contributed by atoms with E-state index in [0.29, 0.717) is 36.7 Å². The molecule has 0 unspecified atom stereocenters. The molecule has 0 N–H and O–H groups in total. The number of carbonyl (C=O) groups excluding carboxylic acids is 1. The predicted octanol–water partition coefficient (Wildman–Crippen LogP) is 3.99. The zero-order chi connectivity index (χ0) is 22.0. The molecule has 164 valence electrons. The van der Waals surface area contributed by atoms with Gasteiger partial charge in [0.25, 0.3) is 0 Å². The van der Waals surface area contributed by atoms with Crippen molar-refractivity contribution in [2.24, 2.45) is 11.0 Å². The number of rotatable bonds is 6. The van der Waals surface area contributed by atoms with Crippen molar-refractivity contribution in [1.29, 1.82) is 0 Å². The number of hydrazone groups is 1. The van der Waals surface area contributed by atoms with Gasteiger partial charge in [-0.2, -0.15) is 5.10 Å². The van der Waals surface area contributed by atoms with Crippen molar-refractivity contribution >= 4 is 11.7 Å². The Morgan fingerprint density at radius 3 is 2.68 bits per heavy atom. The summed E-state index contributed by atoms with van der Waals surface area (Å²) in [4.78, 5) is 17.5. The fourth-order valence-electron chi connectivity index (χ4n) is 4.30. The Bertz CT molecular complexity index is 963. The molecule has 4 rings (SSSR count). The number of hydrogen-bond donors (Lipinski definition) is 0. The summed E-state index contributed by atoms with van der Waals surface area (Å²) >= 11 is 0. The van der Waals surface area contributed by atoms with E-state index in [1.54, 1.807) is 11.1 Å². The van der Waals surface area contributed by atoms with Crippen LogP contribution in [0.1, 0.15) is 30.5 Å². The van der Waals surface area contributed by atoms with E-state index >= 15 is 0 Å². The van der Waals surface area contributed by atoms with Crippen molar-refractivity contribution in [1.82, 2.24) is 14.8 Å². The molecule has 2 aromatic carbocycles. The lowest BCUT2D eigenvalue weighted by molar-refractivity contribution is 0.126. The van der Waals surface area contributed by atoms with E-state index in [2.05, 4.69) is 4.90 Å². The van der Waals surface area contributed by atoms with Gasteiger partial charge >= 0.3 is 6.03 Å². The minimum Gasteiger partial charge on any atom is -0.492 e. The first-order chi connectivity index (χ1) is 15.0. The van der Waals surface area contributed by atoms with Gasteiger partial charge in [-0.25, -0.2) is 14.2 Å². The number of urea groups is 1. The van der Waals surface area contributed by atoms with Crippen LogP contribution in [0.3, 0.4) is 0 Å². The van der Waals surface area contributed by atoms with Crippen LogP contribution in [0.15, 0.2) is 53.6 Å². The number of halogens is 1. The normalized spacial score (nSPS) is 19.5. The van der Waals surface area contributed by atoms with Crippen molar-refractivity contribution in [3.63, 3.8) is 0 Å². The van der Waals surface area contributed by atoms with Gasteiger partial charge in [-0.15, -0.1) is 0 Å². The van der Waals surface area contributed by atoms with Gasteiger partial charge in [0.2, 0.25) is 0 Å². The summed E-state index contributed by atoms with van der Waals surface area (Å²) in [5, 5.41) is 6.35. The van der Waals surface area contributed by atoms with Gasteiger partial charge in [0, 0.05) is 18.7 Å². The molecule has 0 fully saturated rings. The molecule has 2 amide bonds. The fraction of sp³-hybridized carbons (Fsp3) is 0.417. The third-order valence-electron chi connectivity index (χ3n) is 5.87. The molecule has 2 heterocycles. The Kier molecular flexibility index (Phi) is 6.23. The highest BCUT2D eigenvalue weighted by Crippen LogP contribution is 2.43. The average molecular weight is 425 g/mol. The molecule has 2 aromatic rings. The number of nitrogens with zero attached hydrogens (tertiary/aromatic N) is 4. The highest BCUT2D eigenvalue weighted by atomic mass is 19.1. The lowest BCUT2D eigenvalue weighted by atomic mass is 9.86. The topological polar surface area (TPSA) is 48.4 Å². The highest BCUT2D eigenvalue weighted by molar-refractivity contribution is 6.07. The smallest absolute Gasteiger partial charge is 0.341 e. The van der Waals surface area contributed by atoms with Crippen LogP contribution in [0.4, 0.5) is 9.18 Å². The Labute approximate surface area is 182 Å². The number of carbonyl (C=O) groups is 1. The maximum absolute atomic E-state index is 14.0. The van der Waals surface area contributed by atoms with E-state index in [4.69, 9.17) is 9.84 Å². The van der Waals surface area contributed by atoms with Crippen molar-refractivity contribution in [2.75, 3.05) is 40.3 Å². The standard InChI is InChI=1S/C24H29FN4O2/c1-4-28(14-8-13-27(2)3)24(30)29-23(17-9-6-5-7-10-17)20-16-31-21-12-11-18(25)15-19(21)22(20)26-29/h5-7,9-12,15,20,23H,4,8,13-14,16H2,1-3H3/t20-,23+/m0/s1. The van der Waals surface area contributed by atoms with Gasteiger partial charge in [0.05, 0.1) is 24.3 Å². The maximum Gasteiger partial charge on any atom is 0.341 e. The van der Waals surface area contributed by atoms with E-state index in [9.17, 15) is 9.18 Å². The highest BCUT2D eigenvalue weighted by Gasteiger charge is 2.46. The van der Waals surface area contributed by atoms with Gasteiger partial charge in [-0.05, 0) is 57.7 Å². The second-order valence-corrected chi connectivity index (χ2v) is 8.26. The molecule has 2 aliphatic rings. The van der Waals surface area contributed by atoms with Crippen molar-refractivity contribution in [3.05, 3.63) is 65.5 Å². The lowest BCUT2D eigenvalue weighted by Crippen LogP contribution is -2.43. The monoisotopic (exact) mass is 424 g/mol. The van der Waals surface area contributed by atoms with E-state index in [-0.39, 0.29) is 23.8 Å². The van der Waals surface area contributed by atoms with Crippen LogP contribution in [-0.2, 0) is 0 Å². The quantitative estimate of drug-likeness (QED) is 0.705. The summed E-state index contributed by atoms with van der Waals surface area (Å²) in [6.45, 7) is 4.54. The summed E-state index contributed by atoms with van der Waals surface area (Å²) in [6, 6.07) is 13.9. The Morgan fingerprint density at radius 1 is 1.19 bits per heavy atom. The minimum absolute atomic E-state index is 0.130. The molecule has 31 heavy (non-hydrogen) atoms. The SMILES string of the molecule is CCN(CCCN(C)C)C(=O)N1N=C2c3cc(F)ccc3OC[C@@H]2[C@H]1c1ccccc1. The molecule has 0 radical (unpaired) electrons. The number of ether oxygens (including phenoxy) is 1. The molecular weight excluding hydrogens is 395 g/mol. The molecule has 7 heteroatoms. The van der Waals surface area contributed by atoms with Crippen LogP contribution in [-0.4, -0.2) is 66.9 Å². The Balaban J connectivity index is 1.69. The van der Waals surface area contributed by atoms with E-state index in [1.807, 2.05) is 56.3 Å². The summed E-state index contributed by atoms with van der Waals surface area (Å²) in [5.41, 5.74) is 2.34. The first-order valence-corrected chi connectivity index (χ1v) is 10.8. The van der Waals surface area contributed by atoms with Gasteiger partial charge in [0.1, 0.15) is 11.6 Å². The van der Waals surface area contributed by atoms with Gasteiger partial charge < -0.3 is 14.5 Å². The van der Waals surface area contributed by atoms with Gasteiger partial charge in [-0.3, -0.25) is 0 Å². The van der Waals surface area contributed by atoms with E-state index in [0.717, 1.165) is 18.5 Å². The van der Waals surface area contributed by atoms with Crippen molar-refractivity contribution in [3.8, 4) is 5.75 Å². The average Bonchev–Trinajstić information content (AvgIpc) is 3.17. The number of fused-ring (bicyclic) bond motifs is 3. The summed E-state index contributed by atoms with van der Waals surface area (Å²) < 4.78 is 20.0. The number of amides is 2. The molecule has 2 atom stereocenters. The van der Waals surface area contributed by atoms with Gasteiger partial charge in [-0.1, -0.05) is 30.3 Å². The van der Waals surface area contributed by atoms with Crippen LogP contribution >= 0.6 is 0 Å². The van der Waals surface area contributed by atoms with E-state index in [1.165, 1.54) is 12.1 Å². The predicted molar refractivity (Wildman–Crippen MR) is 119 cm³/mol. The molecule has 0 aromatic heterocycles. The first-order valence-electron chi connectivity index (χ1n) is 10.8. The third-order valence-corrected chi connectivity index (χ3v) is 5.87. The zero-order valence-electron chi connectivity index (χ0n) is 18.3. The Morgan fingerprint density at radius 2 is 1.97 bits per heavy atom. The molecule has 0 spiro atoms. The maximum atomic E-state index is 14.0. The first kappa shape index (κ1) is 21.3. The number of hydrogen-bond acceptors (Lipinski definition) is 4. The van der Waals surface area contributed by atoms with Crippen LogP contribution in [0.2, 0.25) is 0 Å². The van der Waals surface area contributed by atoms with Gasteiger partial charge in [0.15, 0.2) is 0 Å². The molecule has 0 saturated carbocycles. The van der Waals surface area contributed by atoms with Crippen LogP contribution in [0, 0.1) is 11.7 Å². The molecule has 6 nitrogen and oxygen atoms in total. The van der Waals surface area contributed by atoms with Crippen molar-refractivity contribution in [2.45, 2.75) is 19.4 Å². The molecule has 0 aliphatic carbocycles. The summed E-state index contributed by atoms with van der Waals surface area (Å²) in [7, 11) is 4.05. The largest absolute Gasteiger partial charge is 0.492 e. The second-order valence-electron chi connectivity index (χ2n) is 8.26. The third kappa shape index (κ3) is 4.28. The number of benzene rings is 2. The van der Waals surface area contributed by atoms with Crippen molar-refractivity contribution < 1.29 is 13.9 Å². The molecule has 0 bridgehead atoms. The molecule has 0 saturated heterocycles. The fourth-order valence-corrected chi connectivity index (χ4v) is 4.30. The van der Waals surface area contributed by atoms with E-state index < -0.39 is 0 Å². The zero-order valence-corrected chi connectivity index (χ0v) is 18.3. The minimum atomic E-state index is -0.342. The molecular formula is C24H29FN4O2. The second kappa shape index (κ2) is 9.06. The van der Waals surface area contributed by atoms with Crippen LogP contribution in [0.5, 0.6) is 5.75 Å². The summed E-state index contributed by atoms with van der Waals surface area (Å²) in [6.07, 6.45) is 0.883. The van der Waals surface area contributed by atoms with Crippen LogP contribution in [0.25, 0.3) is 0 Å². The lowest BCUT2D eigenvalue weighted by Gasteiger charge is -2.32. The van der Waals surface area contributed by atoms with Crippen LogP contribution < -0.4 is 4.74 Å². The summed E-state index contributed by atoms with van der Waals surface area (Å²) in [5.74, 6) is 0.114. The Hall–Kier alpha value is -2.93.